The topological polar surface area (TPSA) is 20.2 Å². The van der Waals surface area contributed by atoms with Gasteiger partial charge in [-0.05, 0) is 96.9 Å². The van der Waals surface area contributed by atoms with Crippen LogP contribution in [-0.4, -0.2) is 11.2 Å². The molecule has 1 nitrogen and oxygen atoms in total. The molecule has 0 saturated heterocycles. The van der Waals surface area contributed by atoms with Crippen molar-refractivity contribution in [2.75, 3.05) is 0 Å². The Morgan fingerprint density at radius 2 is 1.79 bits per heavy atom. The van der Waals surface area contributed by atoms with Crippen molar-refractivity contribution in [3.05, 3.63) is 35.5 Å². The summed E-state index contributed by atoms with van der Waals surface area (Å²) in [5, 5.41) is 10.2. The number of fused-ring (bicyclic) bond motifs is 4. The predicted octanol–water partition coefficient (Wildman–Crippen LogP) is 7.33. The highest BCUT2D eigenvalue weighted by Gasteiger charge is 2.54. The fourth-order valence-electron chi connectivity index (χ4n) is 7.49. The van der Waals surface area contributed by atoms with E-state index in [9.17, 15) is 5.11 Å². The molecule has 0 heterocycles. The zero-order valence-corrected chi connectivity index (χ0v) is 19.7. The van der Waals surface area contributed by atoms with Crippen LogP contribution in [0.5, 0.6) is 0 Å². The van der Waals surface area contributed by atoms with Crippen molar-refractivity contribution >= 4 is 0 Å². The van der Waals surface area contributed by atoms with Crippen LogP contribution in [0.2, 0.25) is 0 Å². The first-order valence-electron chi connectivity index (χ1n) is 12.4. The molecule has 8 atom stereocenters. The number of aliphatic hydroxyl groups is 1. The van der Waals surface area contributed by atoms with Crippen LogP contribution in [0.25, 0.3) is 0 Å². The number of rotatable bonds is 4. The lowest BCUT2D eigenvalue weighted by Crippen LogP contribution is -2.46. The molecule has 0 radical (unpaired) electrons. The van der Waals surface area contributed by atoms with Gasteiger partial charge in [0.1, 0.15) is 0 Å². The first-order valence-corrected chi connectivity index (χ1v) is 12.4. The number of hydrogen-bond acceptors (Lipinski definition) is 1. The van der Waals surface area contributed by atoms with Crippen LogP contribution in [-0.2, 0) is 0 Å². The Labute approximate surface area is 179 Å². The minimum Gasteiger partial charge on any atom is -0.393 e. The predicted molar refractivity (Wildman–Crippen MR) is 123 cm³/mol. The molecule has 1 heteroatoms. The van der Waals surface area contributed by atoms with E-state index in [0.29, 0.717) is 28.6 Å². The van der Waals surface area contributed by atoms with Gasteiger partial charge in [0.15, 0.2) is 0 Å². The van der Waals surface area contributed by atoms with Crippen molar-refractivity contribution in [1.29, 1.82) is 0 Å². The molecule has 2 fully saturated rings. The SMILES string of the molecule is CC(C)[C@@H](C)/C=C/[C@@H](C)[C@H]1CCC2=C3C=CC4C[C@@H](O)CC[C@]4(C)[C@H]3CC[C@@]21C. The lowest BCUT2D eigenvalue weighted by molar-refractivity contribution is -0.00263. The summed E-state index contributed by atoms with van der Waals surface area (Å²) in [4.78, 5) is 0. The molecule has 29 heavy (non-hydrogen) atoms. The molecular weight excluding hydrogens is 352 g/mol. The Morgan fingerprint density at radius 3 is 2.52 bits per heavy atom. The van der Waals surface area contributed by atoms with E-state index >= 15 is 0 Å². The van der Waals surface area contributed by atoms with Gasteiger partial charge in [0.2, 0.25) is 0 Å². The fourth-order valence-corrected chi connectivity index (χ4v) is 7.49. The highest BCUT2D eigenvalue weighted by Crippen LogP contribution is 2.64. The molecule has 2 saturated carbocycles. The highest BCUT2D eigenvalue weighted by molar-refractivity contribution is 5.42. The monoisotopic (exact) mass is 396 g/mol. The van der Waals surface area contributed by atoms with E-state index in [1.54, 1.807) is 11.1 Å². The van der Waals surface area contributed by atoms with Crippen LogP contribution in [0.4, 0.5) is 0 Å². The lowest BCUT2D eigenvalue weighted by Gasteiger charge is -2.54. The van der Waals surface area contributed by atoms with E-state index in [2.05, 4.69) is 65.8 Å². The quantitative estimate of drug-likeness (QED) is 0.493. The molecule has 0 aromatic heterocycles. The van der Waals surface area contributed by atoms with Gasteiger partial charge < -0.3 is 5.11 Å². The van der Waals surface area contributed by atoms with Gasteiger partial charge in [-0.2, -0.15) is 0 Å². The van der Waals surface area contributed by atoms with E-state index in [1.165, 1.54) is 32.1 Å². The normalized spacial score (nSPS) is 44.0. The van der Waals surface area contributed by atoms with E-state index < -0.39 is 0 Å². The Morgan fingerprint density at radius 1 is 1.03 bits per heavy atom. The first kappa shape index (κ1) is 21.4. The highest BCUT2D eigenvalue weighted by atomic mass is 16.3. The van der Waals surface area contributed by atoms with Crippen LogP contribution >= 0.6 is 0 Å². The number of hydrogen-bond donors (Lipinski definition) is 1. The van der Waals surface area contributed by atoms with Gasteiger partial charge in [-0.15, -0.1) is 0 Å². The third kappa shape index (κ3) is 3.50. The second-order valence-electron chi connectivity index (χ2n) is 11.8. The largest absolute Gasteiger partial charge is 0.393 e. The molecule has 0 bridgehead atoms. The van der Waals surface area contributed by atoms with E-state index in [4.69, 9.17) is 0 Å². The molecule has 0 aliphatic heterocycles. The zero-order valence-electron chi connectivity index (χ0n) is 19.7. The summed E-state index contributed by atoms with van der Waals surface area (Å²) in [5.41, 5.74) is 4.27. The summed E-state index contributed by atoms with van der Waals surface area (Å²) in [7, 11) is 0. The summed E-state index contributed by atoms with van der Waals surface area (Å²) in [5.74, 6) is 4.13. The molecule has 0 aromatic rings. The van der Waals surface area contributed by atoms with Gasteiger partial charge in [-0.25, -0.2) is 0 Å². The van der Waals surface area contributed by atoms with Crippen molar-refractivity contribution < 1.29 is 5.11 Å². The molecule has 1 unspecified atom stereocenters. The van der Waals surface area contributed by atoms with Crippen LogP contribution in [0.3, 0.4) is 0 Å². The standard InChI is InChI=1S/C28H44O/c1-18(2)19(3)7-8-20(4)24-11-12-25-23-10-9-21-17-22(29)13-15-27(21,5)26(23)14-16-28(24,25)6/h7-10,18-22,24,26,29H,11-17H2,1-6H3/b8-7+/t19-,20+,21?,22-,24+,26-,27-,28+/m0/s1. The number of aliphatic hydroxyl groups excluding tert-OH is 1. The molecule has 0 spiro atoms. The molecular formula is C28H44O. The van der Waals surface area contributed by atoms with Crippen LogP contribution in [0.1, 0.15) is 86.5 Å². The maximum atomic E-state index is 10.2. The average molecular weight is 397 g/mol. The Bertz CT molecular complexity index is 712. The van der Waals surface area contributed by atoms with Crippen LogP contribution < -0.4 is 0 Å². The molecule has 162 valence electrons. The van der Waals surface area contributed by atoms with Crippen molar-refractivity contribution in [2.24, 2.45) is 46.3 Å². The Balaban J connectivity index is 1.61. The summed E-state index contributed by atoms with van der Waals surface area (Å²) in [6.45, 7) is 14.6. The average Bonchev–Trinajstić information content (AvgIpc) is 3.03. The summed E-state index contributed by atoms with van der Waals surface area (Å²) in [6, 6.07) is 0. The van der Waals surface area contributed by atoms with E-state index in [1.807, 2.05) is 0 Å². The summed E-state index contributed by atoms with van der Waals surface area (Å²) >= 11 is 0. The smallest absolute Gasteiger partial charge is 0.0546 e. The van der Waals surface area contributed by atoms with Crippen LogP contribution in [0, 0.1) is 46.3 Å². The van der Waals surface area contributed by atoms with Gasteiger partial charge in [-0.1, -0.05) is 71.4 Å². The maximum absolute atomic E-state index is 10.2. The second kappa shape index (κ2) is 7.70. The summed E-state index contributed by atoms with van der Waals surface area (Å²) < 4.78 is 0. The van der Waals surface area contributed by atoms with Crippen molar-refractivity contribution in [3.63, 3.8) is 0 Å². The summed E-state index contributed by atoms with van der Waals surface area (Å²) in [6.07, 6.45) is 18.4. The van der Waals surface area contributed by atoms with Crippen molar-refractivity contribution in [3.8, 4) is 0 Å². The second-order valence-corrected chi connectivity index (χ2v) is 11.8. The molecule has 1 N–H and O–H groups in total. The maximum Gasteiger partial charge on any atom is 0.0546 e. The Kier molecular flexibility index (Phi) is 5.69. The van der Waals surface area contributed by atoms with Gasteiger partial charge in [0.05, 0.1) is 6.10 Å². The van der Waals surface area contributed by atoms with Gasteiger partial charge >= 0.3 is 0 Å². The minimum atomic E-state index is -0.0856. The van der Waals surface area contributed by atoms with Crippen molar-refractivity contribution in [2.45, 2.75) is 92.6 Å². The Hall–Kier alpha value is -0.820. The van der Waals surface area contributed by atoms with Crippen molar-refractivity contribution in [1.82, 2.24) is 0 Å². The lowest BCUT2D eigenvalue weighted by atomic mass is 9.50. The van der Waals surface area contributed by atoms with Crippen LogP contribution in [0.15, 0.2) is 35.5 Å². The van der Waals surface area contributed by atoms with Gasteiger partial charge in [0.25, 0.3) is 0 Å². The molecule has 4 aliphatic rings. The van der Waals surface area contributed by atoms with Gasteiger partial charge in [0, 0.05) is 0 Å². The first-order chi connectivity index (χ1) is 13.7. The van der Waals surface area contributed by atoms with E-state index in [0.717, 1.165) is 30.6 Å². The molecule has 0 aromatic carbocycles. The van der Waals surface area contributed by atoms with Gasteiger partial charge in [-0.3, -0.25) is 0 Å². The third-order valence-electron chi connectivity index (χ3n) is 9.99. The number of allylic oxidation sites excluding steroid dienone is 6. The molecule has 0 amide bonds. The third-order valence-corrected chi connectivity index (χ3v) is 9.99. The molecule has 4 aliphatic carbocycles. The fraction of sp³-hybridized carbons (Fsp3) is 0.786. The van der Waals surface area contributed by atoms with E-state index in [-0.39, 0.29) is 6.10 Å². The molecule has 4 rings (SSSR count). The zero-order chi connectivity index (χ0) is 21.0. The minimum absolute atomic E-state index is 0.0856.